The minimum absolute atomic E-state index is 0.0971. The predicted octanol–water partition coefficient (Wildman–Crippen LogP) is 2.84. The van der Waals surface area contributed by atoms with Gasteiger partial charge in [0.15, 0.2) is 0 Å². The van der Waals surface area contributed by atoms with Crippen molar-refractivity contribution in [3.63, 3.8) is 0 Å². The van der Waals surface area contributed by atoms with Gasteiger partial charge in [0.25, 0.3) is 0 Å². The first-order valence-corrected chi connectivity index (χ1v) is 8.06. The smallest absolute Gasteiger partial charge is 0.245 e. The van der Waals surface area contributed by atoms with Crippen LogP contribution in [-0.4, -0.2) is 24.2 Å². The lowest BCUT2D eigenvalue weighted by molar-refractivity contribution is -0.170. The van der Waals surface area contributed by atoms with Crippen molar-refractivity contribution in [3.05, 3.63) is 28.2 Å². The Labute approximate surface area is 133 Å². The highest BCUT2D eigenvalue weighted by atomic mass is 79.9. The number of carbonyl (C=O) groups excluding carboxylic acids is 1. The highest BCUT2D eigenvalue weighted by Crippen LogP contribution is 2.58. The molecule has 0 bridgehead atoms. The third-order valence-corrected chi connectivity index (χ3v) is 6.14. The van der Waals surface area contributed by atoms with Gasteiger partial charge in [-0.05, 0) is 37.1 Å². The summed E-state index contributed by atoms with van der Waals surface area (Å²) in [5, 5.41) is 2.98. The molecule has 1 saturated carbocycles. The van der Waals surface area contributed by atoms with Crippen LogP contribution < -0.4 is 11.1 Å². The quantitative estimate of drug-likeness (QED) is 0.859. The minimum atomic E-state index is -0.866. The van der Waals surface area contributed by atoms with Crippen molar-refractivity contribution in [1.29, 1.82) is 0 Å². The summed E-state index contributed by atoms with van der Waals surface area (Å²) >= 11 is 3.46. The van der Waals surface area contributed by atoms with Gasteiger partial charge in [0.1, 0.15) is 5.54 Å². The maximum atomic E-state index is 12.8. The molecule has 3 unspecified atom stereocenters. The van der Waals surface area contributed by atoms with Crippen LogP contribution >= 0.6 is 15.9 Å². The number of nitrogens with one attached hydrogen (secondary N) is 1. The molecule has 1 aromatic carbocycles. The van der Waals surface area contributed by atoms with Crippen molar-refractivity contribution < 1.29 is 9.53 Å². The summed E-state index contributed by atoms with van der Waals surface area (Å²) in [7, 11) is 0. The zero-order valence-corrected chi connectivity index (χ0v) is 14.2. The summed E-state index contributed by atoms with van der Waals surface area (Å²) in [6, 6.07) is 5.76. The van der Waals surface area contributed by atoms with Gasteiger partial charge in [0, 0.05) is 28.1 Å². The number of benzene rings is 1. The molecule has 21 heavy (non-hydrogen) atoms. The summed E-state index contributed by atoms with van der Waals surface area (Å²) in [6.45, 7) is 6.73. The monoisotopic (exact) mass is 352 g/mol. The first-order chi connectivity index (χ1) is 9.78. The molecule has 2 aliphatic rings. The molecule has 1 aromatic rings. The van der Waals surface area contributed by atoms with Crippen LogP contribution in [-0.2, 0) is 9.53 Å². The fourth-order valence-corrected chi connectivity index (χ4v) is 4.05. The standard InChI is InChI=1S/C16H21BrN2O2/c1-9-8-10(4-5-12(9)17)19-14(20)16(18)11-6-7-21-13(11)15(16,2)3/h4-5,8,11,13H,6-7,18H2,1-3H3,(H,19,20). The molecule has 5 heteroatoms. The fourth-order valence-electron chi connectivity index (χ4n) is 3.80. The van der Waals surface area contributed by atoms with Crippen LogP contribution in [0.3, 0.4) is 0 Å². The lowest BCUT2D eigenvalue weighted by Gasteiger charge is -2.60. The normalized spacial score (nSPS) is 33.2. The number of anilines is 1. The molecule has 3 atom stereocenters. The van der Waals surface area contributed by atoms with Crippen molar-refractivity contribution >= 4 is 27.5 Å². The van der Waals surface area contributed by atoms with E-state index in [4.69, 9.17) is 10.5 Å². The molecule has 3 N–H and O–H groups in total. The number of rotatable bonds is 2. The molecule has 0 spiro atoms. The third-order valence-electron chi connectivity index (χ3n) is 5.25. The maximum absolute atomic E-state index is 12.8. The van der Waals surface area contributed by atoms with Crippen LogP contribution in [0.25, 0.3) is 0 Å². The van der Waals surface area contributed by atoms with E-state index >= 15 is 0 Å². The lowest BCUT2D eigenvalue weighted by atomic mass is 9.48. The molecule has 4 nitrogen and oxygen atoms in total. The number of aryl methyl sites for hydroxylation is 1. The number of nitrogens with two attached hydrogens (primary N) is 1. The number of ether oxygens (including phenoxy) is 1. The van der Waals surface area contributed by atoms with E-state index < -0.39 is 5.54 Å². The molecule has 1 aliphatic heterocycles. The molecular formula is C16H21BrN2O2. The zero-order chi connectivity index (χ0) is 15.4. The second kappa shape index (κ2) is 4.80. The summed E-state index contributed by atoms with van der Waals surface area (Å²) < 4.78 is 6.76. The Balaban J connectivity index is 1.83. The van der Waals surface area contributed by atoms with E-state index in [0.29, 0.717) is 6.61 Å². The van der Waals surface area contributed by atoms with Crippen LogP contribution in [0.4, 0.5) is 5.69 Å². The Morgan fingerprint density at radius 3 is 2.86 bits per heavy atom. The number of amides is 1. The van der Waals surface area contributed by atoms with Crippen molar-refractivity contribution in [2.24, 2.45) is 17.1 Å². The van der Waals surface area contributed by atoms with E-state index in [-0.39, 0.29) is 23.3 Å². The van der Waals surface area contributed by atoms with Crippen molar-refractivity contribution in [3.8, 4) is 0 Å². The first-order valence-electron chi connectivity index (χ1n) is 7.26. The van der Waals surface area contributed by atoms with Gasteiger partial charge in [-0.15, -0.1) is 0 Å². The highest BCUT2D eigenvalue weighted by Gasteiger charge is 2.71. The third kappa shape index (κ3) is 1.98. The van der Waals surface area contributed by atoms with Gasteiger partial charge in [-0.1, -0.05) is 29.8 Å². The average Bonchev–Trinajstić information content (AvgIpc) is 2.90. The van der Waals surface area contributed by atoms with Crippen LogP contribution in [0.15, 0.2) is 22.7 Å². The fraction of sp³-hybridized carbons (Fsp3) is 0.562. The summed E-state index contributed by atoms with van der Waals surface area (Å²) in [5.74, 6) is 0.00465. The molecule has 0 aromatic heterocycles. The van der Waals surface area contributed by atoms with Gasteiger partial charge in [-0.25, -0.2) is 0 Å². The second-order valence-corrected chi connectivity index (χ2v) is 7.55. The van der Waals surface area contributed by atoms with Gasteiger partial charge in [-0.2, -0.15) is 0 Å². The first kappa shape index (κ1) is 15.0. The second-order valence-electron chi connectivity index (χ2n) is 6.70. The minimum Gasteiger partial charge on any atom is -0.377 e. The van der Waals surface area contributed by atoms with Crippen LogP contribution in [0.1, 0.15) is 25.8 Å². The van der Waals surface area contributed by atoms with Gasteiger partial charge in [-0.3, -0.25) is 4.79 Å². The molecule has 3 rings (SSSR count). The van der Waals surface area contributed by atoms with Crippen LogP contribution in [0.2, 0.25) is 0 Å². The van der Waals surface area contributed by atoms with Crippen molar-refractivity contribution in [1.82, 2.24) is 0 Å². The molecular weight excluding hydrogens is 332 g/mol. The number of hydrogen-bond acceptors (Lipinski definition) is 3. The van der Waals surface area contributed by atoms with Crippen molar-refractivity contribution in [2.45, 2.75) is 38.8 Å². The van der Waals surface area contributed by atoms with E-state index in [1.807, 2.05) is 39.0 Å². The van der Waals surface area contributed by atoms with E-state index in [2.05, 4.69) is 21.2 Å². The molecule has 114 valence electrons. The van der Waals surface area contributed by atoms with Gasteiger partial charge >= 0.3 is 0 Å². The lowest BCUT2D eigenvalue weighted by Crippen LogP contribution is -2.79. The highest BCUT2D eigenvalue weighted by molar-refractivity contribution is 9.10. The number of carbonyl (C=O) groups is 1. The Bertz CT molecular complexity index is 602. The summed E-state index contributed by atoms with van der Waals surface area (Å²) in [4.78, 5) is 12.8. The average molecular weight is 353 g/mol. The van der Waals surface area contributed by atoms with E-state index in [9.17, 15) is 4.79 Å². The van der Waals surface area contributed by atoms with Crippen LogP contribution in [0.5, 0.6) is 0 Å². The van der Waals surface area contributed by atoms with Gasteiger partial charge in [0.2, 0.25) is 5.91 Å². The van der Waals surface area contributed by atoms with Gasteiger partial charge < -0.3 is 15.8 Å². The number of halogens is 1. The molecule has 1 aliphatic carbocycles. The number of hydrogen-bond donors (Lipinski definition) is 2. The van der Waals surface area contributed by atoms with E-state index in [1.165, 1.54) is 0 Å². The summed E-state index contributed by atoms with van der Waals surface area (Å²) in [6.07, 6.45) is 0.956. The molecule has 1 heterocycles. The van der Waals surface area contributed by atoms with E-state index in [1.54, 1.807) is 0 Å². The largest absolute Gasteiger partial charge is 0.377 e. The summed E-state index contributed by atoms with van der Waals surface area (Å²) in [5.41, 5.74) is 7.17. The van der Waals surface area contributed by atoms with Crippen LogP contribution in [0, 0.1) is 18.3 Å². The number of fused-ring (bicyclic) bond motifs is 1. The Hall–Kier alpha value is -0.910. The topological polar surface area (TPSA) is 64.4 Å². The van der Waals surface area contributed by atoms with Crippen molar-refractivity contribution in [2.75, 3.05) is 11.9 Å². The Morgan fingerprint density at radius 1 is 1.48 bits per heavy atom. The predicted molar refractivity (Wildman–Crippen MR) is 86.1 cm³/mol. The Kier molecular flexibility index (Phi) is 3.43. The van der Waals surface area contributed by atoms with Gasteiger partial charge in [0.05, 0.1) is 6.10 Å². The molecule has 1 amide bonds. The molecule has 1 saturated heterocycles. The Morgan fingerprint density at radius 2 is 2.19 bits per heavy atom. The van der Waals surface area contributed by atoms with E-state index in [0.717, 1.165) is 22.1 Å². The molecule has 2 fully saturated rings. The molecule has 0 radical (unpaired) electrons. The zero-order valence-electron chi connectivity index (χ0n) is 12.6. The SMILES string of the molecule is Cc1cc(NC(=O)C2(N)C3CCOC3C2(C)C)ccc1Br. The maximum Gasteiger partial charge on any atom is 0.245 e.